The lowest BCUT2D eigenvalue weighted by molar-refractivity contribution is -0.128. The molecule has 8 heteroatoms. The highest BCUT2D eigenvalue weighted by Crippen LogP contribution is 2.24. The van der Waals surface area contributed by atoms with Crippen molar-refractivity contribution in [2.45, 2.75) is 38.5 Å². The maximum atomic E-state index is 12.4. The van der Waals surface area contributed by atoms with Gasteiger partial charge in [-0.15, -0.1) is 24.0 Å². The van der Waals surface area contributed by atoms with Crippen molar-refractivity contribution in [2.24, 2.45) is 4.99 Å². The minimum absolute atomic E-state index is 0. The van der Waals surface area contributed by atoms with Gasteiger partial charge in [-0.1, -0.05) is 30.3 Å². The van der Waals surface area contributed by atoms with E-state index in [2.05, 4.69) is 57.4 Å². The van der Waals surface area contributed by atoms with Gasteiger partial charge in [0.05, 0.1) is 18.8 Å². The Morgan fingerprint density at radius 3 is 2.63 bits per heavy atom. The number of carbonyl (C=O) groups is 1. The predicted molar refractivity (Wildman–Crippen MR) is 129 cm³/mol. The average molecular weight is 527 g/mol. The second-order valence-corrected chi connectivity index (χ2v) is 8.10. The van der Waals surface area contributed by atoms with Crippen molar-refractivity contribution < 1.29 is 9.53 Å². The van der Waals surface area contributed by atoms with Crippen LogP contribution in [0.15, 0.2) is 35.3 Å². The van der Waals surface area contributed by atoms with E-state index in [0.717, 1.165) is 71.2 Å². The van der Waals surface area contributed by atoms with Crippen LogP contribution in [0.3, 0.4) is 0 Å². The number of halogens is 1. The summed E-state index contributed by atoms with van der Waals surface area (Å²) in [7, 11) is 0. The molecular weight excluding hydrogens is 493 g/mol. The van der Waals surface area contributed by atoms with Gasteiger partial charge in [-0.25, -0.2) is 4.99 Å². The first kappa shape index (κ1) is 23.3. The molecule has 0 radical (unpaired) electrons. The smallest absolute Gasteiger partial charge is 0.244 e. The van der Waals surface area contributed by atoms with Gasteiger partial charge in [-0.05, 0) is 25.3 Å². The van der Waals surface area contributed by atoms with E-state index in [1.165, 1.54) is 5.56 Å². The first-order chi connectivity index (χ1) is 14.2. The lowest BCUT2D eigenvalue weighted by atomic mass is 10.1. The van der Waals surface area contributed by atoms with Crippen LogP contribution < -0.4 is 5.32 Å². The summed E-state index contributed by atoms with van der Waals surface area (Å²) in [5.74, 6) is 0.967. The number of rotatable bonds is 5. The van der Waals surface area contributed by atoms with Gasteiger partial charge >= 0.3 is 0 Å². The Hall–Kier alpha value is -1.39. The minimum atomic E-state index is 0. The molecule has 7 nitrogen and oxygen atoms in total. The summed E-state index contributed by atoms with van der Waals surface area (Å²) in [6.45, 7) is 9.19. The molecule has 1 aromatic rings. The van der Waals surface area contributed by atoms with Crippen molar-refractivity contribution in [2.75, 3.05) is 52.4 Å². The van der Waals surface area contributed by atoms with Gasteiger partial charge in [-0.2, -0.15) is 0 Å². The van der Waals surface area contributed by atoms with Crippen molar-refractivity contribution in [1.29, 1.82) is 0 Å². The number of morpholine rings is 1. The molecular formula is C22H34IN5O2. The Labute approximate surface area is 196 Å². The molecule has 3 fully saturated rings. The predicted octanol–water partition coefficient (Wildman–Crippen LogP) is 1.78. The van der Waals surface area contributed by atoms with Crippen molar-refractivity contribution in [1.82, 2.24) is 20.0 Å². The van der Waals surface area contributed by atoms with E-state index in [1.807, 2.05) is 4.90 Å². The molecule has 0 saturated carbocycles. The molecule has 1 amide bonds. The number of hydrogen-bond donors (Lipinski definition) is 1. The number of benzene rings is 1. The summed E-state index contributed by atoms with van der Waals surface area (Å²) < 4.78 is 6.09. The van der Waals surface area contributed by atoms with Crippen molar-refractivity contribution in [3.63, 3.8) is 0 Å². The first-order valence-electron chi connectivity index (χ1n) is 10.9. The molecule has 3 saturated heterocycles. The lowest BCUT2D eigenvalue weighted by Crippen LogP contribution is -2.50. The monoisotopic (exact) mass is 527 g/mol. The molecule has 30 heavy (non-hydrogen) atoms. The van der Waals surface area contributed by atoms with E-state index in [0.29, 0.717) is 6.04 Å². The molecule has 0 bridgehead atoms. The Morgan fingerprint density at radius 2 is 1.90 bits per heavy atom. The number of ether oxygens (including phenoxy) is 1. The van der Waals surface area contributed by atoms with E-state index in [9.17, 15) is 4.79 Å². The number of likely N-dealkylation sites (tertiary alicyclic amines) is 2. The van der Waals surface area contributed by atoms with Crippen LogP contribution in [0, 0.1) is 0 Å². The van der Waals surface area contributed by atoms with Crippen LogP contribution >= 0.6 is 24.0 Å². The summed E-state index contributed by atoms with van der Waals surface area (Å²) in [4.78, 5) is 23.8. The molecule has 2 unspecified atom stereocenters. The molecule has 1 N–H and O–H groups in total. The maximum Gasteiger partial charge on any atom is 0.244 e. The minimum Gasteiger partial charge on any atom is -0.373 e. The van der Waals surface area contributed by atoms with Crippen molar-refractivity contribution in [3.8, 4) is 0 Å². The van der Waals surface area contributed by atoms with Gasteiger partial charge in [-0.3, -0.25) is 9.69 Å². The Morgan fingerprint density at radius 1 is 1.13 bits per heavy atom. The van der Waals surface area contributed by atoms with Crippen LogP contribution in [0.1, 0.15) is 25.3 Å². The second-order valence-electron chi connectivity index (χ2n) is 8.10. The fourth-order valence-corrected chi connectivity index (χ4v) is 4.58. The average Bonchev–Trinajstić information content (AvgIpc) is 3.42. The number of guanidine groups is 1. The largest absolute Gasteiger partial charge is 0.373 e. The summed E-state index contributed by atoms with van der Waals surface area (Å²) in [5, 5.41) is 3.38. The fourth-order valence-electron chi connectivity index (χ4n) is 4.58. The summed E-state index contributed by atoms with van der Waals surface area (Å²) in [6, 6.07) is 11.0. The fraction of sp³-hybridized carbons (Fsp3) is 0.636. The molecule has 3 aliphatic heterocycles. The quantitative estimate of drug-likeness (QED) is 0.360. The molecule has 166 valence electrons. The number of aliphatic imine (C=N–C) groups is 1. The standard InChI is InChI=1S/C22H33N5O2.HI/c1-2-23-22(24-14-21(28)25-10-6-7-11-25)27-16-19-20(17-27)29-13-12-26(19)15-18-8-4-3-5-9-18;/h3-5,8-9,19-20H,2,6-7,10-17H2,1H3,(H,23,24);1H. The SMILES string of the molecule is CCNC(=NCC(=O)N1CCCC1)N1CC2OCCN(Cc3ccccc3)C2C1.I. The first-order valence-corrected chi connectivity index (χ1v) is 10.9. The van der Waals surface area contributed by atoms with Gasteiger partial charge < -0.3 is 19.9 Å². The zero-order valence-electron chi connectivity index (χ0n) is 17.8. The zero-order chi connectivity index (χ0) is 20.1. The third-order valence-corrected chi connectivity index (χ3v) is 6.10. The lowest BCUT2D eigenvalue weighted by Gasteiger charge is -2.36. The van der Waals surface area contributed by atoms with Crippen LogP contribution in [0.4, 0.5) is 0 Å². The number of fused-ring (bicyclic) bond motifs is 1. The molecule has 1 aromatic carbocycles. The second kappa shape index (κ2) is 11.3. The van der Waals surface area contributed by atoms with Gasteiger partial charge in [0.2, 0.25) is 5.91 Å². The number of nitrogens with zero attached hydrogens (tertiary/aromatic N) is 4. The number of nitrogens with one attached hydrogen (secondary N) is 1. The van der Waals surface area contributed by atoms with E-state index >= 15 is 0 Å². The van der Waals surface area contributed by atoms with Crippen LogP contribution in [0.25, 0.3) is 0 Å². The van der Waals surface area contributed by atoms with E-state index < -0.39 is 0 Å². The van der Waals surface area contributed by atoms with Gasteiger partial charge in [0, 0.05) is 45.8 Å². The normalized spacial score (nSPS) is 24.5. The molecule has 0 spiro atoms. The van der Waals surface area contributed by atoms with Crippen LogP contribution in [-0.2, 0) is 16.1 Å². The third-order valence-electron chi connectivity index (χ3n) is 6.10. The molecule has 4 rings (SSSR count). The van der Waals surface area contributed by atoms with Crippen molar-refractivity contribution >= 4 is 35.8 Å². The van der Waals surface area contributed by atoms with Gasteiger partial charge in [0.25, 0.3) is 0 Å². The third kappa shape index (κ3) is 5.64. The van der Waals surface area contributed by atoms with Gasteiger partial charge in [0.1, 0.15) is 6.54 Å². The topological polar surface area (TPSA) is 60.4 Å². The summed E-state index contributed by atoms with van der Waals surface area (Å²) in [6.07, 6.45) is 2.41. The van der Waals surface area contributed by atoms with Crippen molar-refractivity contribution in [3.05, 3.63) is 35.9 Å². The molecule has 3 heterocycles. The van der Waals surface area contributed by atoms with E-state index in [-0.39, 0.29) is 42.5 Å². The highest BCUT2D eigenvalue weighted by Gasteiger charge is 2.41. The Kier molecular flexibility index (Phi) is 8.76. The number of carbonyl (C=O) groups excluding carboxylic acids is 1. The molecule has 2 atom stereocenters. The molecule has 0 aromatic heterocycles. The van der Waals surface area contributed by atoms with E-state index in [1.54, 1.807) is 0 Å². The van der Waals surface area contributed by atoms with Crippen LogP contribution in [0.5, 0.6) is 0 Å². The highest BCUT2D eigenvalue weighted by molar-refractivity contribution is 14.0. The highest BCUT2D eigenvalue weighted by atomic mass is 127. The number of hydrogen-bond acceptors (Lipinski definition) is 4. The molecule has 0 aliphatic carbocycles. The maximum absolute atomic E-state index is 12.4. The van der Waals surface area contributed by atoms with Crippen LogP contribution in [0.2, 0.25) is 0 Å². The van der Waals surface area contributed by atoms with E-state index in [4.69, 9.17) is 4.74 Å². The Bertz CT molecular complexity index is 711. The summed E-state index contributed by atoms with van der Waals surface area (Å²) in [5.41, 5.74) is 1.34. The summed E-state index contributed by atoms with van der Waals surface area (Å²) >= 11 is 0. The molecule has 3 aliphatic rings. The van der Waals surface area contributed by atoms with Gasteiger partial charge in [0.15, 0.2) is 5.96 Å². The zero-order valence-corrected chi connectivity index (χ0v) is 20.2. The van der Waals surface area contributed by atoms with Crippen LogP contribution in [-0.4, -0.2) is 91.1 Å². The Balaban J connectivity index is 0.00000256. The number of amides is 1.